The summed E-state index contributed by atoms with van der Waals surface area (Å²) in [5, 5.41) is 16.5. The van der Waals surface area contributed by atoms with E-state index in [1.165, 1.54) is 22.5 Å². The number of carbonyl (C=O) groups excluding carboxylic acids is 1. The highest BCUT2D eigenvalue weighted by Crippen LogP contribution is 2.24. The SMILES string of the molecule is CNc1ccc(C(=O)NCCCN(Cc2cccnc2)S(C)(=O)=O)cc1[N+](=O)[O-]. The van der Waals surface area contributed by atoms with Gasteiger partial charge in [-0.2, -0.15) is 4.31 Å². The van der Waals surface area contributed by atoms with Crippen LogP contribution in [0, 0.1) is 10.1 Å². The predicted molar refractivity (Wildman–Crippen MR) is 109 cm³/mol. The minimum atomic E-state index is -3.43. The average molecular weight is 421 g/mol. The van der Waals surface area contributed by atoms with Crippen molar-refractivity contribution >= 4 is 27.3 Å². The standard InChI is InChI=1S/C18H23N5O5S/c1-19-16-7-6-15(11-17(16)23(25)26)18(24)21-9-4-10-22(29(2,27)28)13-14-5-3-8-20-12-14/h3,5-8,11-12,19H,4,9-10,13H2,1-2H3,(H,21,24). The molecule has 0 spiro atoms. The number of nitrogens with one attached hydrogen (secondary N) is 2. The summed E-state index contributed by atoms with van der Waals surface area (Å²) in [7, 11) is -1.87. The molecule has 2 N–H and O–H groups in total. The summed E-state index contributed by atoms with van der Waals surface area (Å²) in [5.41, 5.74) is 1.04. The summed E-state index contributed by atoms with van der Waals surface area (Å²) in [4.78, 5) is 26.8. The highest BCUT2D eigenvalue weighted by molar-refractivity contribution is 7.88. The first kappa shape index (κ1) is 22.2. The molecule has 0 aliphatic carbocycles. The lowest BCUT2D eigenvalue weighted by Gasteiger charge is -2.20. The summed E-state index contributed by atoms with van der Waals surface area (Å²) < 4.78 is 25.3. The Labute approximate surface area is 169 Å². The quantitative estimate of drug-likeness (QED) is 0.338. The van der Waals surface area contributed by atoms with Gasteiger partial charge < -0.3 is 10.6 Å². The van der Waals surface area contributed by atoms with E-state index in [4.69, 9.17) is 0 Å². The molecule has 1 amide bonds. The number of nitro benzene ring substituents is 1. The van der Waals surface area contributed by atoms with Crippen LogP contribution < -0.4 is 10.6 Å². The molecule has 2 aromatic rings. The van der Waals surface area contributed by atoms with Gasteiger partial charge in [0.15, 0.2) is 0 Å². The van der Waals surface area contributed by atoms with E-state index >= 15 is 0 Å². The van der Waals surface area contributed by atoms with Crippen molar-refractivity contribution in [3.63, 3.8) is 0 Å². The molecule has 11 heteroatoms. The number of pyridine rings is 1. The summed E-state index contributed by atoms with van der Waals surface area (Å²) in [6.45, 7) is 0.630. The van der Waals surface area contributed by atoms with Gasteiger partial charge in [-0.25, -0.2) is 8.42 Å². The monoisotopic (exact) mass is 421 g/mol. The molecule has 1 heterocycles. The fraction of sp³-hybridized carbons (Fsp3) is 0.333. The number of aromatic nitrogens is 1. The number of hydrogen-bond acceptors (Lipinski definition) is 7. The lowest BCUT2D eigenvalue weighted by Crippen LogP contribution is -2.33. The van der Waals surface area contributed by atoms with Crippen molar-refractivity contribution in [3.8, 4) is 0 Å². The van der Waals surface area contributed by atoms with Gasteiger partial charge in [0, 0.05) is 50.7 Å². The number of anilines is 1. The lowest BCUT2D eigenvalue weighted by molar-refractivity contribution is -0.384. The lowest BCUT2D eigenvalue weighted by atomic mass is 10.1. The third-order valence-electron chi connectivity index (χ3n) is 4.15. The maximum Gasteiger partial charge on any atom is 0.293 e. The Morgan fingerprint density at radius 1 is 1.31 bits per heavy atom. The Bertz CT molecular complexity index is 966. The second-order valence-corrected chi connectivity index (χ2v) is 8.29. The maximum atomic E-state index is 12.3. The normalized spacial score (nSPS) is 11.3. The van der Waals surface area contributed by atoms with E-state index in [0.29, 0.717) is 12.1 Å². The molecule has 0 atom stereocenters. The van der Waals surface area contributed by atoms with Gasteiger partial charge in [0.25, 0.3) is 11.6 Å². The zero-order valence-corrected chi connectivity index (χ0v) is 17.0. The summed E-state index contributed by atoms with van der Waals surface area (Å²) in [6, 6.07) is 7.67. The van der Waals surface area contributed by atoms with Crippen molar-refractivity contribution in [1.82, 2.24) is 14.6 Å². The number of nitrogens with zero attached hydrogens (tertiary/aromatic N) is 3. The van der Waals surface area contributed by atoms with Crippen molar-refractivity contribution in [2.75, 3.05) is 31.7 Å². The predicted octanol–water partition coefficient (Wildman–Crippen LogP) is 1.61. The Balaban J connectivity index is 1.93. The van der Waals surface area contributed by atoms with Gasteiger partial charge in [0.2, 0.25) is 10.0 Å². The van der Waals surface area contributed by atoms with Crippen LogP contribution in [0.2, 0.25) is 0 Å². The van der Waals surface area contributed by atoms with E-state index in [2.05, 4.69) is 15.6 Å². The van der Waals surface area contributed by atoms with Crippen LogP contribution in [0.3, 0.4) is 0 Å². The van der Waals surface area contributed by atoms with Gasteiger partial charge in [-0.1, -0.05) is 6.07 Å². The van der Waals surface area contributed by atoms with Crippen molar-refractivity contribution in [1.29, 1.82) is 0 Å². The van der Waals surface area contributed by atoms with Crippen LogP contribution in [-0.4, -0.2) is 54.9 Å². The number of carbonyl (C=O) groups is 1. The molecule has 10 nitrogen and oxygen atoms in total. The van der Waals surface area contributed by atoms with E-state index in [0.717, 1.165) is 11.8 Å². The number of benzene rings is 1. The zero-order chi connectivity index (χ0) is 21.4. The van der Waals surface area contributed by atoms with E-state index in [1.54, 1.807) is 31.6 Å². The second-order valence-electron chi connectivity index (χ2n) is 6.31. The smallest absolute Gasteiger partial charge is 0.293 e. The fourth-order valence-electron chi connectivity index (χ4n) is 2.65. The number of nitro groups is 1. The highest BCUT2D eigenvalue weighted by Gasteiger charge is 2.18. The molecule has 1 aromatic carbocycles. The average Bonchev–Trinajstić information content (AvgIpc) is 2.69. The van der Waals surface area contributed by atoms with Gasteiger partial charge in [0.05, 0.1) is 11.2 Å². The van der Waals surface area contributed by atoms with Crippen LogP contribution in [0.25, 0.3) is 0 Å². The van der Waals surface area contributed by atoms with Gasteiger partial charge >= 0.3 is 0 Å². The molecule has 0 saturated carbocycles. The van der Waals surface area contributed by atoms with Crippen LogP contribution in [0.4, 0.5) is 11.4 Å². The first-order chi connectivity index (χ1) is 13.7. The molecule has 0 aliphatic rings. The van der Waals surface area contributed by atoms with Gasteiger partial charge in [0.1, 0.15) is 5.69 Å². The molecule has 0 bridgehead atoms. The first-order valence-corrected chi connectivity index (χ1v) is 10.7. The molecule has 0 aliphatic heterocycles. The summed E-state index contributed by atoms with van der Waals surface area (Å²) in [5.74, 6) is -0.464. The molecule has 156 valence electrons. The van der Waals surface area contributed by atoms with Crippen LogP contribution in [0.5, 0.6) is 0 Å². The molecule has 0 radical (unpaired) electrons. The molecule has 0 saturated heterocycles. The maximum absolute atomic E-state index is 12.3. The van der Waals surface area contributed by atoms with Gasteiger partial charge in [-0.15, -0.1) is 0 Å². The van der Waals surface area contributed by atoms with Crippen LogP contribution >= 0.6 is 0 Å². The molecular formula is C18H23N5O5S. The number of amides is 1. The minimum absolute atomic E-state index is 0.158. The molecular weight excluding hydrogens is 398 g/mol. The van der Waals surface area contributed by atoms with E-state index < -0.39 is 20.9 Å². The Hall–Kier alpha value is -3.05. The highest BCUT2D eigenvalue weighted by atomic mass is 32.2. The van der Waals surface area contributed by atoms with Crippen LogP contribution in [0.15, 0.2) is 42.7 Å². The molecule has 1 aromatic heterocycles. The van der Waals surface area contributed by atoms with Crippen molar-refractivity contribution < 1.29 is 18.1 Å². The number of sulfonamides is 1. The number of rotatable bonds is 10. The van der Waals surface area contributed by atoms with Crippen molar-refractivity contribution in [3.05, 3.63) is 64.0 Å². The van der Waals surface area contributed by atoms with Crippen molar-refractivity contribution in [2.45, 2.75) is 13.0 Å². The third kappa shape index (κ3) is 6.50. The van der Waals surface area contributed by atoms with E-state index in [9.17, 15) is 23.3 Å². The molecule has 2 rings (SSSR count). The van der Waals surface area contributed by atoms with E-state index in [1.807, 2.05) is 0 Å². The topological polar surface area (TPSA) is 135 Å². The third-order valence-corrected chi connectivity index (χ3v) is 5.40. The van der Waals surface area contributed by atoms with Crippen molar-refractivity contribution in [2.24, 2.45) is 0 Å². The fourth-order valence-corrected chi connectivity index (χ4v) is 3.50. The molecule has 0 unspecified atom stereocenters. The van der Waals surface area contributed by atoms with Gasteiger partial charge in [-0.05, 0) is 30.2 Å². The Morgan fingerprint density at radius 2 is 2.07 bits per heavy atom. The van der Waals surface area contributed by atoms with Crippen LogP contribution in [0.1, 0.15) is 22.3 Å². The first-order valence-electron chi connectivity index (χ1n) is 8.81. The minimum Gasteiger partial charge on any atom is -0.383 e. The summed E-state index contributed by atoms with van der Waals surface area (Å²) in [6.07, 6.45) is 4.72. The zero-order valence-electron chi connectivity index (χ0n) is 16.2. The largest absolute Gasteiger partial charge is 0.383 e. The second kappa shape index (κ2) is 9.94. The molecule has 0 fully saturated rings. The van der Waals surface area contributed by atoms with Gasteiger partial charge in [-0.3, -0.25) is 19.9 Å². The Morgan fingerprint density at radius 3 is 2.66 bits per heavy atom. The summed E-state index contributed by atoms with van der Waals surface area (Å²) >= 11 is 0. The Kier molecular flexibility index (Phi) is 7.62. The number of hydrogen-bond donors (Lipinski definition) is 2. The van der Waals surface area contributed by atoms with E-state index in [-0.39, 0.29) is 30.9 Å². The van der Waals surface area contributed by atoms with Crippen LogP contribution in [-0.2, 0) is 16.6 Å². The molecule has 29 heavy (non-hydrogen) atoms.